The zero-order chi connectivity index (χ0) is 15.0. The smallest absolute Gasteiger partial charge is 0.212 e. The minimum atomic E-state index is 0.244. The predicted molar refractivity (Wildman–Crippen MR) is 88.6 cm³/mol. The molecule has 6 heteroatoms. The average Bonchev–Trinajstić information content (AvgIpc) is 2.73. The van der Waals surface area contributed by atoms with Crippen LogP contribution in [-0.2, 0) is 6.61 Å². The lowest BCUT2D eigenvalue weighted by Crippen LogP contribution is -2.11. The summed E-state index contributed by atoms with van der Waals surface area (Å²) < 4.78 is 2.08. The number of aryl methyl sites for hydroxylation is 1. The highest BCUT2D eigenvalue weighted by atomic mass is 35.5. The molecule has 0 amide bonds. The second kappa shape index (κ2) is 5.72. The van der Waals surface area contributed by atoms with Gasteiger partial charge in [-0.15, -0.1) is 0 Å². The summed E-state index contributed by atoms with van der Waals surface area (Å²) >= 11 is 17.7. The third kappa shape index (κ3) is 2.79. The van der Waals surface area contributed by atoms with E-state index in [0.29, 0.717) is 14.8 Å². The van der Waals surface area contributed by atoms with E-state index in [1.54, 1.807) is 4.73 Å². The van der Waals surface area contributed by atoms with Gasteiger partial charge in [0.1, 0.15) is 12.1 Å². The normalized spacial score (nSPS) is 11.0. The van der Waals surface area contributed by atoms with Crippen LogP contribution in [0.4, 0.5) is 0 Å². The van der Waals surface area contributed by atoms with Gasteiger partial charge in [-0.05, 0) is 49.0 Å². The first-order valence-electron chi connectivity index (χ1n) is 6.34. The van der Waals surface area contributed by atoms with Crippen molar-refractivity contribution in [2.45, 2.75) is 13.5 Å². The van der Waals surface area contributed by atoms with Gasteiger partial charge in [-0.25, -0.2) is 0 Å². The number of fused-ring (bicyclic) bond motifs is 1. The van der Waals surface area contributed by atoms with Crippen molar-refractivity contribution in [1.29, 1.82) is 0 Å². The summed E-state index contributed by atoms with van der Waals surface area (Å²) in [5.74, 6) is 0. The summed E-state index contributed by atoms with van der Waals surface area (Å²) in [4.78, 5) is 8.88. The number of H-pyrrole nitrogens is 1. The molecule has 1 aromatic heterocycles. The number of nitrogens with zero attached hydrogens (tertiary/aromatic N) is 1. The molecule has 0 atom stereocenters. The monoisotopic (exact) mass is 338 g/mol. The number of hydrogen-bond acceptors (Lipinski definition) is 2. The van der Waals surface area contributed by atoms with Gasteiger partial charge in [-0.1, -0.05) is 35.3 Å². The minimum absolute atomic E-state index is 0.244. The zero-order valence-corrected chi connectivity index (χ0v) is 13.5. The fourth-order valence-corrected chi connectivity index (χ4v) is 3.12. The molecule has 108 valence electrons. The van der Waals surface area contributed by atoms with Crippen LogP contribution in [0.3, 0.4) is 0 Å². The topological polar surface area (TPSA) is 29.9 Å². The number of aromatic amines is 1. The van der Waals surface area contributed by atoms with Gasteiger partial charge < -0.3 is 9.82 Å². The summed E-state index contributed by atoms with van der Waals surface area (Å²) in [5, 5.41) is 1.18. The summed E-state index contributed by atoms with van der Waals surface area (Å²) in [6.07, 6.45) is 0. The average molecular weight is 339 g/mol. The van der Waals surface area contributed by atoms with Gasteiger partial charge in [0, 0.05) is 15.6 Å². The molecule has 0 radical (unpaired) electrons. The lowest BCUT2D eigenvalue weighted by Gasteiger charge is -2.11. The van der Waals surface area contributed by atoms with Crippen molar-refractivity contribution in [2.24, 2.45) is 0 Å². The largest absolute Gasteiger partial charge is 0.406 e. The van der Waals surface area contributed by atoms with E-state index in [2.05, 4.69) is 4.98 Å². The molecule has 3 aromatic rings. The van der Waals surface area contributed by atoms with Crippen molar-refractivity contribution < 1.29 is 4.84 Å². The number of rotatable bonds is 3. The molecule has 1 heterocycles. The molecule has 3 rings (SSSR count). The second-order valence-corrected chi connectivity index (χ2v) is 5.92. The van der Waals surface area contributed by atoms with E-state index in [1.807, 2.05) is 43.3 Å². The summed E-state index contributed by atoms with van der Waals surface area (Å²) in [6.45, 7) is 2.19. The Kier molecular flexibility index (Phi) is 3.93. The maximum atomic E-state index is 6.23. The van der Waals surface area contributed by atoms with Crippen molar-refractivity contribution in [2.75, 3.05) is 0 Å². The van der Waals surface area contributed by atoms with Crippen LogP contribution in [0.15, 0.2) is 36.4 Å². The van der Waals surface area contributed by atoms with Crippen LogP contribution in [0.25, 0.3) is 11.0 Å². The first-order valence-corrected chi connectivity index (χ1v) is 7.50. The SMILES string of the molecule is Cc1cc(Cl)c(COn2c(=S)[nH]c3ccccc32)c(Cl)c1. The highest BCUT2D eigenvalue weighted by molar-refractivity contribution is 7.71. The Bertz CT molecular complexity index is 846. The van der Waals surface area contributed by atoms with E-state index in [1.165, 1.54) is 0 Å². The fraction of sp³-hybridized carbons (Fsp3) is 0.133. The van der Waals surface area contributed by atoms with Crippen molar-refractivity contribution in [1.82, 2.24) is 9.71 Å². The van der Waals surface area contributed by atoms with Gasteiger partial charge in [0.15, 0.2) is 0 Å². The number of halogens is 2. The lowest BCUT2D eigenvalue weighted by molar-refractivity contribution is 0.103. The molecule has 2 aromatic carbocycles. The maximum Gasteiger partial charge on any atom is 0.212 e. The van der Waals surface area contributed by atoms with Crippen molar-refractivity contribution >= 4 is 46.5 Å². The molecule has 0 fully saturated rings. The molecule has 0 aliphatic heterocycles. The summed E-state index contributed by atoms with van der Waals surface area (Å²) in [6, 6.07) is 11.5. The molecule has 21 heavy (non-hydrogen) atoms. The van der Waals surface area contributed by atoms with Gasteiger partial charge in [-0.3, -0.25) is 0 Å². The van der Waals surface area contributed by atoms with Crippen LogP contribution in [0, 0.1) is 11.7 Å². The minimum Gasteiger partial charge on any atom is -0.406 e. The highest BCUT2D eigenvalue weighted by Gasteiger charge is 2.10. The third-order valence-electron chi connectivity index (χ3n) is 3.17. The summed E-state index contributed by atoms with van der Waals surface area (Å²) in [7, 11) is 0. The quantitative estimate of drug-likeness (QED) is 0.685. The first kappa shape index (κ1) is 14.4. The molecule has 0 aliphatic rings. The zero-order valence-electron chi connectivity index (χ0n) is 11.2. The standard InChI is InChI=1S/C15H12Cl2N2OS/c1-9-6-11(16)10(12(17)7-9)8-20-19-14-5-3-2-4-13(14)18-15(19)21/h2-7H,8H2,1H3,(H,18,21). The third-order valence-corrected chi connectivity index (χ3v) is 4.11. The second-order valence-electron chi connectivity index (χ2n) is 4.72. The van der Waals surface area contributed by atoms with Crippen molar-refractivity contribution in [3.63, 3.8) is 0 Å². The Balaban J connectivity index is 1.94. The van der Waals surface area contributed by atoms with Crippen LogP contribution in [0.1, 0.15) is 11.1 Å². The Labute approximate surface area is 137 Å². The molecular weight excluding hydrogens is 327 g/mol. The predicted octanol–water partition coefficient (Wildman–Crippen LogP) is 4.94. The molecular formula is C15H12Cl2N2OS. The van der Waals surface area contributed by atoms with Crippen LogP contribution in [0.2, 0.25) is 10.0 Å². The van der Waals surface area contributed by atoms with E-state index in [0.717, 1.165) is 22.2 Å². The number of aromatic nitrogens is 2. The Hall–Kier alpha value is -1.49. The van der Waals surface area contributed by atoms with E-state index < -0.39 is 0 Å². The molecule has 0 saturated heterocycles. The number of nitrogens with one attached hydrogen (secondary N) is 1. The van der Waals surface area contributed by atoms with E-state index in [-0.39, 0.29) is 6.61 Å². The van der Waals surface area contributed by atoms with Gasteiger partial charge >= 0.3 is 0 Å². The Morgan fingerprint density at radius 1 is 1.19 bits per heavy atom. The van der Waals surface area contributed by atoms with Crippen LogP contribution >= 0.6 is 35.4 Å². The molecule has 0 saturated carbocycles. The van der Waals surface area contributed by atoms with Gasteiger partial charge in [0.2, 0.25) is 4.77 Å². The molecule has 0 unspecified atom stereocenters. The van der Waals surface area contributed by atoms with Gasteiger partial charge in [-0.2, -0.15) is 4.73 Å². The van der Waals surface area contributed by atoms with Crippen LogP contribution in [0.5, 0.6) is 0 Å². The molecule has 0 aliphatic carbocycles. The van der Waals surface area contributed by atoms with Crippen LogP contribution in [-0.4, -0.2) is 9.71 Å². The summed E-state index contributed by atoms with van der Waals surface area (Å²) in [5.41, 5.74) is 3.55. The number of hydrogen-bond donors (Lipinski definition) is 1. The van der Waals surface area contributed by atoms with Crippen molar-refractivity contribution in [3.05, 3.63) is 62.3 Å². The molecule has 1 N–H and O–H groups in total. The molecule has 3 nitrogen and oxygen atoms in total. The molecule has 0 bridgehead atoms. The lowest BCUT2D eigenvalue weighted by atomic mass is 10.1. The Morgan fingerprint density at radius 2 is 1.86 bits per heavy atom. The molecule has 0 spiro atoms. The van der Waals surface area contributed by atoms with Gasteiger partial charge in [0.05, 0.1) is 5.52 Å². The van der Waals surface area contributed by atoms with Crippen LogP contribution < -0.4 is 4.84 Å². The number of benzene rings is 2. The fourth-order valence-electron chi connectivity index (χ4n) is 2.16. The van der Waals surface area contributed by atoms with Crippen molar-refractivity contribution in [3.8, 4) is 0 Å². The number of imidazole rings is 1. The van der Waals surface area contributed by atoms with E-state index in [9.17, 15) is 0 Å². The maximum absolute atomic E-state index is 6.23. The Morgan fingerprint density at radius 3 is 2.57 bits per heavy atom. The highest BCUT2D eigenvalue weighted by Crippen LogP contribution is 2.26. The van der Waals surface area contributed by atoms with Gasteiger partial charge in [0.25, 0.3) is 0 Å². The van der Waals surface area contributed by atoms with E-state index >= 15 is 0 Å². The van der Waals surface area contributed by atoms with E-state index in [4.69, 9.17) is 40.3 Å². The first-order chi connectivity index (χ1) is 10.1. The number of para-hydroxylation sites is 2.